The number of hydrogen-bond donors (Lipinski definition) is 3. The maximum atomic E-state index is 12.6. The molecule has 1 fully saturated rings. The average molecular weight is 410 g/mol. The topological polar surface area (TPSA) is 73.8 Å². The van der Waals surface area contributed by atoms with Gasteiger partial charge in [0.1, 0.15) is 11.9 Å². The summed E-state index contributed by atoms with van der Waals surface area (Å²) < 4.78 is 5.70. The van der Waals surface area contributed by atoms with Gasteiger partial charge in [-0.15, -0.1) is 0 Å². The number of hydrogen-bond acceptors (Lipinski definition) is 4. The van der Waals surface area contributed by atoms with Crippen LogP contribution in [0.4, 0.5) is 4.79 Å². The van der Waals surface area contributed by atoms with Crippen LogP contribution >= 0.6 is 0 Å². The van der Waals surface area contributed by atoms with Gasteiger partial charge in [0.05, 0.1) is 12.6 Å². The second-order valence-corrected chi connectivity index (χ2v) is 8.19. The Kier molecular flexibility index (Phi) is 6.87. The van der Waals surface area contributed by atoms with Crippen molar-refractivity contribution >= 4 is 6.03 Å². The third kappa shape index (κ3) is 5.32. The summed E-state index contributed by atoms with van der Waals surface area (Å²) in [5.41, 5.74) is 3.00. The number of amides is 2. The Bertz CT molecular complexity index is 837. The van der Waals surface area contributed by atoms with Crippen molar-refractivity contribution in [3.63, 3.8) is 0 Å². The van der Waals surface area contributed by atoms with E-state index in [1.165, 1.54) is 12.8 Å². The molecule has 6 nitrogen and oxygen atoms in total. The van der Waals surface area contributed by atoms with Crippen molar-refractivity contribution in [2.75, 3.05) is 26.2 Å². The first kappa shape index (κ1) is 20.7. The van der Waals surface area contributed by atoms with Crippen LogP contribution in [0.25, 0.3) is 0 Å². The summed E-state index contributed by atoms with van der Waals surface area (Å²) in [7, 11) is 0. The van der Waals surface area contributed by atoms with E-state index < -0.39 is 6.10 Å². The molecule has 2 unspecified atom stereocenters. The maximum Gasteiger partial charge on any atom is 0.315 e. The van der Waals surface area contributed by atoms with E-state index in [0.717, 1.165) is 55.0 Å². The highest BCUT2D eigenvalue weighted by Gasteiger charge is 2.27. The first-order valence-corrected chi connectivity index (χ1v) is 10.9. The third-order valence-corrected chi connectivity index (χ3v) is 5.92. The van der Waals surface area contributed by atoms with Crippen molar-refractivity contribution in [1.82, 2.24) is 15.5 Å². The normalized spacial score (nSPS) is 18.2. The Morgan fingerprint density at radius 3 is 2.70 bits per heavy atom. The highest BCUT2D eigenvalue weighted by molar-refractivity contribution is 5.74. The Balaban J connectivity index is 1.43. The lowest BCUT2D eigenvalue weighted by Gasteiger charge is -2.29. The molecule has 1 saturated heterocycles. The zero-order chi connectivity index (χ0) is 20.8. The largest absolute Gasteiger partial charge is 0.493 e. The first-order valence-electron chi connectivity index (χ1n) is 10.9. The zero-order valence-corrected chi connectivity index (χ0v) is 17.3. The van der Waals surface area contributed by atoms with E-state index in [9.17, 15) is 9.90 Å². The number of nitrogens with one attached hydrogen (secondary N) is 2. The minimum Gasteiger partial charge on any atom is -0.493 e. The van der Waals surface area contributed by atoms with Crippen LogP contribution in [0.15, 0.2) is 48.5 Å². The third-order valence-electron chi connectivity index (χ3n) is 5.92. The minimum absolute atomic E-state index is 0.261. The van der Waals surface area contributed by atoms with Gasteiger partial charge in [-0.05, 0) is 67.6 Å². The van der Waals surface area contributed by atoms with E-state index in [2.05, 4.69) is 15.5 Å². The van der Waals surface area contributed by atoms with Crippen LogP contribution in [0.1, 0.15) is 42.1 Å². The number of carbonyl (C=O) groups excluding carboxylic acids is 1. The summed E-state index contributed by atoms with van der Waals surface area (Å²) in [4.78, 5) is 14.9. The van der Waals surface area contributed by atoms with E-state index in [1.54, 1.807) is 0 Å². The number of aliphatic hydroxyl groups is 1. The molecule has 0 spiro atoms. The van der Waals surface area contributed by atoms with E-state index in [0.29, 0.717) is 13.1 Å². The molecule has 2 atom stereocenters. The molecule has 0 radical (unpaired) electrons. The zero-order valence-electron chi connectivity index (χ0n) is 17.3. The molecule has 2 aliphatic heterocycles. The van der Waals surface area contributed by atoms with E-state index in [-0.39, 0.29) is 12.1 Å². The van der Waals surface area contributed by atoms with Crippen LogP contribution in [0, 0.1) is 0 Å². The Morgan fingerprint density at radius 2 is 1.90 bits per heavy atom. The first-order chi connectivity index (χ1) is 14.7. The Labute approximate surface area is 178 Å². The molecular weight excluding hydrogens is 378 g/mol. The van der Waals surface area contributed by atoms with Crippen LogP contribution in [0.3, 0.4) is 0 Å². The number of urea groups is 1. The van der Waals surface area contributed by atoms with Crippen LogP contribution in [0.5, 0.6) is 5.75 Å². The van der Waals surface area contributed by atoms with Gasteiger partial charge in [-0.3, -0.25) is 0 Å². The standard InChI is InChI=1S/C24H31N3O3/c28-23(20-10-11-22-19(15-20)9-6-14-30-22)21(17-27-12-4-5-13-27)26-24(29)25-16-18-7-2-1-3-8-18/h1-3,7-8,10-11,15,21,23,28H,4-6,9,12-14,16-17H2,(H2,25,26,29). The molecule has 4 rings (SSSR count). The van der Waals surface area contributed by atoms with Crippen molar-refractivity contribution in [3.05, 3.63) is 65.2 Å². The monoisotopic (exact) mass is 409 g/mol. The summed E-state index contributed by atoms with van der Waals surface area (Å²) in [6.07, 6.45) is 3.50. The van der Waals surface area contributed by atoms with Gasteiger partial charge in [0, 0.05) is 13.1 Å². The van der Waals surface area contributed by atoms with Gasteiger partial charge >= 0.3 is 6.03 Å². The smallest absolute Gasteiger partial charge is 0.315 e. The quantitative estimate of drug-likeness (QED) is 0.657. The maximum absolute atomic E-state index is 12.6. The molecule has 2 aromatic carbocycles. The lowest BCUT2D eigenvalue weighted by atomic mass is 9.96. The van der Waals surface area contributed by atoms with E-state index in [1.807, 2.05) is 48.5 Å². The van der Waals surface area contributed by atoms with E-state index in [4.69, 9.17) is 4.74 Å². The molecule has 2 amide bonds. The predicted octanol–water partition coefficient (Wildman–Crippen LogP) is 3.01. The van der Waals surface area contributed by atoms with Gasteiger partial charge in [0.25, 0.3) is 0 Å². The number of likely N-dealkylation sites (tertiary alicyclic amines) is 1. The molecule has 2 aromatic rings. The molecule has 2 heterocycles. The SMILES string of the molecule is O=C(NCc1ccccc1)NC(CN1CCCC1)C(O)c1ccc2c(c1)CCCO2. The minimum atomic E-state index is -0.777. The second-order valence-electron chi connectivity index (χ2n) is 8.19. The number of nitrogens with zero attached hydrogens (tertiary/aromatic N) is 1. The van der Waals surface area contributed by atoms with Crippen LogP contribution in [-0.2, 0) is 13.0 Å². The number of rotatable bonds is 7. The van der Waals surface area contributed by atoms with Gasteiger partial charge in [-0.1, -0.05) is 36.4 Å². The van der Waals surface area contributed by atoms with Crippen molar-refractivity contribution < 1.29 is 14.6 Å². The highest BCUT2D eigenvalue weighted by Crippen LogP contribution is 2.29. The molecule has 160 valence electrons. The van der Waals surface area contributed by atoms with Gasteiger partial charge in [-0.25, -0.2) is 4.79 Å². The van der Waals surface area contributed by atoms with Crippen molar-refractivity contribution in [2.45, 2.75) is 44.4 Å². The van der Waals surface area contributed by atoms with Crippen LogP contribution in [-0.4, -0.2) is 48.3 Å². The lowest BCUT2D eigenvalue weighted by Crippen LogP contribution is -2.49. The van der Waals surface area contributed by atoms with Crippen molar-refractivity contribution in [1.29, 1.82) is 0 Å². The van der Waals surface area contributed by atoms with Gasteiger partial charge < -0.3 is 25.4 Å². The number of ether oxygens (including phenoxy) is 1. The van der Waals surface area contributed by atoms with Crippen LogP contribution in [0.2, 0.25) is 0 Å². The number of benzene rings is 2. The molecule has 3 N–H and O–H groups in total. The summed E-state index contributed by atoms with van der Waals surface area (Å²) in [6.45, 7) is 3.85. The second kappa shape index (κ2) is 9.96. The fourth-order valence-corrected chi connectivity index (χ4v) is 4.26. The molecule has 0 saturated carbocycles. The molecule has 30 heavy (non-hydrogen) atoms. The number of fused-ring (bicyclic) bond motifs is 1. The Morgan fingerprint density at radius 1 is 1.10 bits per heavy atom. The molecule has 0 bridgehead atoms. The molecular formula is C24H31N3O3. The average Bonchev–Trinajstić information content (AvgIpc) is 3.30. The summed E-state index contributed by atoms with van der Waals surface area (Å²) in [5.74, 6) is 0.904. The lowest BCUT2D eigenvalue weighted by molar-refractivity contribution is 0.109. The fourth-order valence-electron chi connectivity index (χ4n) is 4.26. The van der Waals surface area contributed by atoms with Crippen molar-refractivity contribution in [2.24, 2.45) is 0 Å². The number of aryl methyl sites for hydroxylation is 1. The van der Waals surface area contributed by atoms with Crippen LogP contribution < -0.4 is 15.4 Å². The molecule has 0 aliphatic carbocycles. The van der Waals surface area contributed by atoms with Crippen molar-refractivity contribution in [3.8, 4) is 5.75 Å². The fraction of sp³-hybridized carbons (Fsp3) is 0.458. The number of carbonyl (C=O) groups is 1. The predicted molar refractivity (Wildman–Crippen MR) is 116 cm³/mol. The molecule has 0 aromatic heterocycles. The Hall–Kier alpha value is -2.57. The van der Waals surface area contributed by atoms with E-state index >= 15 is 0 Å². The molecule has 2 aliphatic rings. The van der Waals surface area contributed by atoms with Gasteiger partial charge in [0.2, 0.25) is 0 Å². The highest BCUT2D eigenvalue weighted by atomic mass is 16.5. The van der Waals surface area contributed by atoms with Gasteiger partial charge in [-0.2, -0.15) is 0 Å². The van der Waals surface area contributed by atoms with Gasteiger partial charge in [0.15, 0.2) is 0 Å². The number of aliphatic hydroxyl groups excluding tert-OH is 1. The summed E-state index contributed by atoms with van der Waals surface area (Å²) in [6, 6.07) is 15.0. The molecule has 6 heteroatoms. The summed E-state index contributed by atoms with van der Waals surface area (Å²) >= 11 is 0. The summed E-state index contributed by atoms with van der Waals surface area (Å²) in [5, 5.41) is 17.1.